The molecule has 2 rings (SSSR count). The van der Waals surface area contributed by atoms with Crippen LogP contribution in [-0.2, 0) is 16.7 Å². The van der Waals surface area contributed by atoms with Crippen LogP contribution in [0.2, 0.25) is 0 Å². The molecule has 0 atom stereocenters. The first-order valence-electron chi connectivity index (χ1n) is 6.22. The van der Waals surface area contributed by atoms with Gasteiger partial charge in [0.15, 0.2) is 0 Å². The normalized spacial score (nSPS) is 11.0. The number of urea groups is 1. The van der Waals surface area contributed by atoms with Crippen molar-refractivity contribution in [2.75, 3.05) is 5.32 Å². The van der Waals surface area contributed by atoms with Gasteiger partial charge in [0.25, 0.3) is 10.1 Å². The Morgan fingerprint density at radius 3 is 2.55 bits per heavy atom. The average Bonchev–Trinajstić information content (AvgIpc) is 2.46. The van der Waals surface area contributed by atoms with Gasteiger partial charge in [-0.3, -0.25) is 4.55 Å². The lowest BCUT2D eigenvalue weighted by molar-refractivity contribution is 0.251. The zero-order chi connectivity index (χ0) is 16.2. The van der Waals surface area contributed by atoms with Crippen molar-refractivity contribution >= 4 is 21.8 Å². The highest BCUT2D eigenvalue weighted by atomic mass is 32.2. The van der Waals surface area contributed by atoms with Crippen LogP contribution >= 0.6 is 0 Å². The number of carbonyl (C=O) groups is 1. The quantitative estimate of drug-likeness (QED) is 0.753. The van der Waals surface area contributed by atoms with Gasteiger partial charge in [-0.1, -0.05) is 24.3 Å². The topological polar surface area (TPSA) is 95.5 Å². The van der Waals surface area contributed by atoms with E-state index in [1.807, 2.05) is 0 Å². The second-order valence-corrected chi connectivity index (χ2v) is 5.82. The van der Waals surface area contributed by atoms with Crippen LogP contribution in [0.25, 0.3) is 0 Å². The Labute approximate surface area is 126 Å². The minimum atomic E-state index is -4.34. The number of benzene rings is 2. The van der Waals surface area contributed by atoms with E-state index in [2.05, 4.69) is 10.6 Å². The molecule has 0 fully saturated rings. The largest absolute Gasteiger partial charge is 0.334 e. The molecule has 8 heteroatoms. The van der Waals surface area contributed by atoms with Crippen molar-refractivity contribution in [1.29, 1.82) is 0 Å². The zero-order valence-corrected chi connectivity index (χ0v) is 12.1. The van der Waals surface area contributed by atoms with Crippen LogP contribution in [0.5, 0.6) is 0 Å². The van der Waals surface area contributed by atoms with Crippen molar-refractivity contribution in [3.05, 3.63) is 59.9 Å². The van der Waals surface area contributed by atoms with Gasteiger partial charge in [-0.25, -0.2) is 9.18 Å². The maximum atomic E-state index is 13.4. The molecule has 0 saturated heterocycles. The first kappa shape index (κ1) is 15.9. The number of amides is 2. The second kappa shape index (κ2) is 6.54. The van der Waals surface area contributed by atoms with Gasteiger partial charge in [0, 0.05) is 17.8 Å². The number of anilines is 1. The Hall–Kier alpha value is -2.45. The summed E-state index contributed by atoms with van der Waals surface area (Å²) in [6.45, 7) is -0.0174. The predicted molar refractivity (Wildman–Crippen MR) is 78.5 cm³/mol. The Balaban J connectivity index is 2.00. The van der Waals surface area contributed by atoms with Gasteiger partial charge >= 0.3 is 6.03 Å². The summed E-state index contributed by atoms with van der Waals surface area (Å²) in [5.74, 6) is -0.434. The Morgan fingerprint density at radius 1 is 1.14 bits per heavy atom. The second-order valence-electron chi connectivity index (χ2n) is 4.40. The van der Waals surface area contributed by atoms with Crippen LogP contribution < -0.4 is 10.6 Å². The fourth-order valence-electron chi connectivity index (χ4n) is 1.73. The van der Waals surface area contributed by atoms with Crippen molar-refractivity contribution in [3.63, 3.8) is 0 Å². The SMILES string of the molecule is O=C(NCc1ccccc1F)Nc1cccc(S(=O)(=O)O)c1. The van der Waals surface area contributed by atoms with Gasteiger partial charge in [0.1, 0.15) is 5.82 Å². The van der Waals surface area contributed by atoms with E-state index in [1.54, 1.807) is 12.1 Å². The summed E-state index contributed by atoms with van der Waals surface area (Å²) in [6, 6.07) is 10.5. The fourth-order valence-corrected chi connectivity index (χ4v) is 2.25. The minimum absolute atomic E-state index is 0.0174. The minimum Gasteiger partial charge on any atom is -0.334 e. The van der Waals surface area contributed by atoms with Crippen LogP contribution in [0.15, 0.2) is 53.4 Å². The maximum Gasteiger partial charge on any atom is 0.319 e. The number of halogens is 1. The molecule has 22 heavy (non-hydrogen) atoms. The summed E-state index contributed by atoms with van der Waals surface area (Å²) in [5.41, 5.74) is 0.505. The molecule has 0 aromatic heterocycles. The van der Waals surface area contributed by atoms with Crippen LogP contribution in [0.1, 0.15) is 5.56 Å². The molecule has 0 heterocycles. The standard InChI is InChI=1S/C14H13FN2O4S/c15-13-7-2-1-4-10(13)9-16-14(18)17-11-5-3-6-12(8-11)22(19,20)21/h1-8H,9H2,(H2,16,17,18)(H,19,20,21). The van der Waals surface area contributed by atoms with Gasteiger partial charge in [-0.15, -0.1) is 0 Å². The number of rotatable bonds is 4. The molecule has 116 valence electrons. The van der Waals surface area contributed by atoms with Gasteiger partial charge in [-0.05, 0) is 24.3 Å². The Bertz CT molecular complexity index is 793. The maximum absolute atomic E-state index is 13.4. The molecule has 0 aliphatic rings. The highest BCUT2D eigenvalue weighted by molar-refractivity contribution is 7.85. The summed E-state index contributed by atoms with van der Waals surface area (Å²) < 4.78 is 44.3. The van der Waals surface area contributed by atoms with Crippen molar-refractivity contribution < 1.29 is 22.2 Å². The molecule has 0 spiro atoms. The number of carbonyl (C=O) groups excluding carboxylic acids is 1. The summed E-state index contributed by atoms with van der Waals surface area (Å²) in [6.07, 6.45) is 0. The van der Waals surface area contributed by atoms with E-state index in [0.717, 1.165) is 6.07 Å². The Kier molecular flexibility index (Phi) is 4.74. The zero-order valence-electron chi connectivity index (χ0n) is 11.3. The van der Waals surface area contributed by atoms with Gasteiger partial charge in [0.2, 0.25) is 0 Å². The van der Waals surface area contributed by atoms with E-state index >= 15 is 0 Å². The number of nitrogens with one attached hydrogen (secondary N) is 2. The van der Waals surface area contributed by atoms with Crippen molar-refractivity contribution in [1.82, 2.24) is 5.32 Å². The van der Waals surface area contributed by atoms with Gasteiger partial charge in [-0.2, -0.15) is 8.42 Å². The molecule has 0 aliphatic heterocycles. The van der Waals surface area contributed by atoms with E-state index in [0.29, 0.717) is 5.56 Å². The number of hydrogen-bond acceptors (Lipinski definition) is 3. The monoisotopic (exact) mass is 324 g/mol. The molecule has 0 aliphatic carbocycles. The molecular formula is C14H13FN2O4S. The average molecular weight is 324 g/mol. The smallest absolute Gasteiger partial charge is 0.319 e. The van der Waals surface area contributed by atoms with Crippen molar-refractivity contribution in [2.24, 2.45) is 0 Å². The van der Waals surface area contributed by atoms with E-state index < -0.39 is 22.0 Å². The van der Waals surface area contributed by atoms with Crippen molar-refractivity contribution in [2.45, 2.75) is 11.4 Å². The van der Waals surface area contributed by atoms with Crippen molar-refractivity contribution in [3.8, 4) is 0 Å². The third-order valence-corrected chi connectivity index (χ3v) is 3.64. The summed E-state index contributed by atoms with van der Waals surface area (Å²) in [7, 11) is -4.34. The van der Waals surface area contributed by atoms with E-state index in [4.69, 9.17) is 4.55 Å². The molecule has 0 saturated carbocycles. The molecule has 0 unspecified atom stereocenters. The van der Waals surface area contributed by atoms with E-state index in [-0.39, 0.29) is 17.1 Å². The molecule has 3 N–H and O–H groups in total. The lowest BCUT2D eigenvalue weighted by Crippen LogP contribution is -2.28. The van der Waals surface area contributed by atoms with Crippen LogP contribution in [0, 0.1) is 5.82 Å². The van der Waals surface area contributed by atoms with Crippen LogP contribution in [0.4, 0.5) is 14.9 Å². The first-order chi connectivity index (χ1) is 10.4. The first-order valence-corrected chi connectivity index (χ1v) is 7.66. The molecule has 2 amide bonds. The molecule has 2 aromatic rings. The molecule has 6 nitrogen and oxygen atoms in total. The highest BCUT2D eigenvalue weighted by Gasteiger charge is 2.11. The van der Waals surface area contributed by atoms with E-state index in [9.17, 15) is 17.6 Å². The predicted octanol–water partition coefficient (Wildman–Crippen LogP) is 2.39. The number of hydrogen-bond donors (Lipinski definition) is 3. The Morgan fingerprint density at radius 2 is 1.86 bits per heavy atom. The molecule has 0 bridgehead atoms. The summed E-state index contributed by atoms with van der Waals surface area (Å²) >= 11 is 0. The van der Waals surface area contributed by atoms with Crippen LogP contribution in [-0.4, -0.2) is 19.0 Å². The third-order valence-electron chi connectivity index (χ3n) is 2.79. The van der Waals surface area contributed by atoms with Gasteiger partial charge < -0.3 is 10.6 Å². The molecular weight excluding hydrogens is 311 g/mol. The summed E-state index contributed by atoms with van der Waals surface area (Å²) in [4.78, 5) is 11.4. The molecule has 0 radical (unpaired) electrons. The third kappa shape index (κ3) is 4.27. The van der Waals surface area contributed by atoms with Gasteiger partial charge in [0.05, 0.1) is 4.90 Å². The summed E-state index contributed by atoms with van der Waals surface area (Å²) in [5, 5.41) is 4.84. The lowest BCUT2D eigenvalue weighted by Gasteiger charge is -2.09. The van der Waals surface area contributed by atoms with E-state index in [1.165, 1.54) is 30.3 Å². The molecule has 2 aromatic carbocycles. The lowest BCUT2D eigenvalue weighted by atomic mass is 10.2. The van der Waals surface area contributed by atoms with Crippen LogP contribution in [0.3, 0.4) is 0 Å². The fraction of sp³-hybridized carbons (Fsp3) is 0.0714. The highest BCUT2D eigenvalue weighted by Crippen LogP contribution is 2.15.